The second-order valence-corrected chi connectivity index (χ2v) is 3.13. The third-order valence-corrected chi connectivity index (χ3v) is 1.55. The maximum atomic E-state index is 10.9. The van der Waals surface area contributed by atoms with Gasteiger partial charge in [-0.2, -0.15) is 0 Å². The van der Waals surface area contributed by atoms with Crippen molar-refractivity contribution in [1.29, 1.82) is 0 Å². The second kappa shape index (κ2) is 7.76. The van der Waals surface area contributed by atoms with E-state index in [0.717, 1.165) is 0 Å². The van der Waals surface area contributed by atoms with Crippen LogP contribution in [0.4, 0.5) is 4.79 Å². The Morgan fingerprint density at radius 3 is 1.28 bits per heavy atom. The van der Waals surface area contributed by atoms with Gasteiger partial charge in [0.15, 0.2) is 0 Å². The minimum atomic E-state index is -1.53. The fourth-order valence-corrected chi connectivity index (χ4v) is 0.759. The van der Waals surface area contributed by atoms with E-state index in [4.69, 9.17) is 11.5 Å². The molecule has 0 saturated heterocycles. The molecule has 9 nitrogen and oxygen atoms in total. The van der Waals surface area contributed by atoms with Crippen molar-refractivity contribution in [3.63, 3.8) is 0 Å². The predicted molar refractivity (Wildman–Crippen MR) is 54.4 cm³/mol. The van der Waals surface area contributed by atoms with Gasteiger partial charge in [-0.25, -0.2) is 4.79 Å². The van der Waals surface area contributed by atoms with Crippen molar-refractivity contribution in [2.24, 2.45) is 11.5 Å². The normalized spacial score (nSPS) is 9.33. The average Bonchev–Trinajstić information content (AvgIpc) is 2.23. The Bertz CT molecular complexity index is 343. The van der Waals surface area contributed by atoms with E-state index in [-0.39, 0.29) is 12.8 Å². The van der Waals surface area contributed by atoms with Crippen LogP contribution in [-0.2, 0) is 28.7 Å². The number of amides is 2. The molecule has 0 bridgehead atoms. The lowest BCUT2D eigenvalue weighted by molar-refractivity contribution is -0.147. The van der Waals surface area contributed by atoms with Gasteiger partial charge in [0.2, 0.25) is 11.8 Å². The van der Waals surface area contributed by atoms with E-state index in [1.54, 1.807) is 0 Å². The predicted octanol–water partition coefficient (Wildman–Crippen LogP) is -1.28. The highest BCUT2D eigenvalue weighted by atomic mass is 16.8. The molecule has 9 heteroatoms. The van der Waals surface area contributed by atoms with Gasteiger partial charge in [0, 0.05) is 12.8 Å². The Labute approximate surface area is 101 Å². The standard InChI is InChI=1S/C9H12N2O7/c10-5(12)1-3-7(14)17-9(16)18-8(15)4-2-6(11)13/h1-4H2,(H2,10,12)(H2,11,13). The van der Waals surface area contributed by atoms with E-state index in [9.17, 15) is 24.0 Å². The second-order valence-electron chi connectivity index (χ2n) is 3.13. The molecule has 0 rings (SSSR count). The zero-order valence-corrected chi connectivity index (χ0v) is 9.34. The molecule has 0 aromatic rings. The van der Waals surface area contributed by atoms with Crippen LogP contribution in [-0.4, -0.2) is 29.9 Å². The highest BCUT2D eigenvalue weighted by Gasteiger charge is 2.17. The molecule has 0 aromatic carbocycles. The number of esters is 2. The molecule has 2 amide bonds. The largest absolute Gasteiger partial charge is 0.524 e. The molecule has 0 fully saturated rings. The van der Waals surface area contributed by atoms with Crippen molar-refractivity contribution in [3.8, 4) is 0 Å². The summed E-state index contributed by atoms with van der Waals surface area (Å²) in [6.07, 6.45) is -2.91. The van der Waals surface area contributed by atoms with Crippen molar-refractivity contribution in [2.45, 2.75) is 25.7 Å². The number of hydrogen-bond donors (Lipinski definition) is 2. The molecule has 0 saturated carbocycles. The first-order valence-electron chi connectivity index (χ1n) is 4.83. The minimum absolute atomic E-state index is 0.290. The number of rotatable bonds is 6. The first-order valence-corrected chi connectivity index (χ1v) is 4.83. The molecule has 0 atom stereocenters. The molecule has 0 radical (unpaired) electrons. The van der Waals surface area contributed by atoms with Crippen LogP contribution in [0.3, 0.4) is 0 Å². The monoisotopic (exact) mass is 260 g/mol. The smallest absolute Gasteiger partial charge is 0.370 e. The maximum Gasteiger partial charge on any atom is 0.524 e. The van der Waals surface area contributed by atoms with Crippen LogP contribution in [0, 0.1) is 0 Å². The highest BCUT2D eigenvalue weighted by molar-refractivity contribution is 5.90. The van der Waals surface area contributed by atoms with E-state index in [1.807, 2.05) is 0 Å². The average molecular weight is 260 g/mol. The van der Waals surface area contributed by atoms with Gasteiger partial charge < -0.3 is 20.9 Å². The summed E-state index contributed by atoms with van der Waals surface area (Å²) in [4.78, 5) is 53.2. The van der Waals surface area contributed by atoms with Gasteiger partial charge in [0.1, 0.15) is 0 Å². The van der Waals surface area contributed by atoms with Crippen LogP contribution in [0.25, 0.3) is 0 Å². The molecule has 100 valence electrons. The topological polar surface area (TPSA) is 156 Å². The van der Waals surface area contributed by atoms with Gasteiger partial charge >= 0.3 is 18.1 Å². The molecule has 0 aliphatic heterocycles. The minimum Gasteiger partial charge on any atom is -0.370 e. The summed E-state index contributed by atoms with van der Waals surface area (Å²) in [7, 11) is 0. The first-order chi connectivity index (χ1) is 8.31. The Balaban J connectivity index is 3.89. The molecular weight excluding hydrogens is 248 g/mol. The highest BCUT2D eigenvalue weighted by Crippen LogP contribution is 1.98. The Hall–Kier alpha value is -2.45. The first kappa shape index (κ1) is 15.6. The number of hydrogen-bond acceptors (Lipinski definition) is 7. The van der Waals surface area contributed by atoms with Crippen molar-refractivity contribution >= 4 is 29.9 Å². The molecule has 0 aromatic heterocycles. The third-order valence-electron chi connectivity index (χ3n) is 1.55. The van der Waals surface area contributed by atoms with Crippen LogP contribution < -0.4 is 11.5 Å². The van der Waals surface area contributed by atoms with E-state index >= 15 is 0 Å². The Morgan fingerprint density at radius 2 is 1.00 bits per heavy atom. The maximum absolute atomic E-state index is 10.9. The summed E-state index contributed by atoms with van der Waals surface area (Å²) in [5, 5.41) is 0. The molecular formula is C9H12N2O7. The summed E-state index contributed by atoms with van der Waals surface area (Å²) >= 11 is 0. The van der Waals surface area contributed by atoms with Gasteiger partial charge in [-0.3, -0.25) is 19.2 Å². The lowest BCUT2D eigenvalue weighted by Crippen LogP contribution is -2.20. The molecule has 0 aliphatic rings. The van der Waals surface area contributed by atoms with Crippen LogP contribution >= 0.6 is 0 Å². The van der Waals surface area contributed by atoms with Gasteiger partial charge in [-0.05, 0) is 0 Å². The molecule has 18 heavy (non-hydrogen) atoms. The molecule has 0 heterocycles. The number of carbonyl (C=O) groups is 5. The van der Waals surface area contributed by atoms with Crippen molar-refractivity contribution in [3.05, 3.63) is 0 Å². The van der Waals surface area contributed by atoms with E-state index < -0.39 is 42.7 Å². The van der Waals surface area contributed by atoms with Gasteiger partial charge in [-0.1, -0.05) is 0 Å². The number of nitrogens with two attached hydrogens (primary N) is 2. The number of primary amides is 2. The summed E-state index contributed by atoms with van der Waals surface area (Å²) in [6, 6.07) is 0. The van der Waals surface area contributed by atoms with Crippen LogP contribution in [0.1, 0.15) is 25.7 Å². The van der Waals surface area contributed by atoms with Crippen LogP contribution in [0.5, 0.6) is 0 Å². The molecule has 0 spiro atoms. The molecule has 0 unspecified atom stereocenters. The Morgan fingerprint density at radius 1 is 0.667 bits per heavy atom. The third kappa shape index (κ3) is 8.83. The lowest BCUT2D eigenvalue weighted by Gasteiger charge is -2.02. The lowest BCUT2D eigenvalue weighted by atomic mass is 10.3. The zero-order valence-electron chi connectivity index (χ0n) is 9.34. The fraction of sp³-hybridized carbons (Fsp3) is 0.444. The summed E-state index contributed by atoms with van der Waals surface area (Å²) < 4.78 is 8.07. The summed E-state index contributed by atoms with van der Waals surface area (Å²) in [6.45, 7) is 0. The Kier molecular flexibility index (Phi) is 6.71. The van der Waals surface area contributed by atoms with Crippen LogP contribution in [0.15, 0.2) is 0 Å². The van der Waals surface area contributed by atoms with E-state index in [2.05, 4.69) is 9.47 Å². The van der Waals surface area contributed by atoms with E-state index in [0.29, 0.717) is 0 Å². The number of ether oxygens (including phenoxy) is 2. The van der Waals surface area contributed by atoms with Gasteiger partial charge in [0.05, 0.1) is 12.8 Å². The quantitative estimate of drug-likeness (QED) is 0.445. The zero-order chi connectivity index (χ0) is 14.1. The summed E-state index contributed by atoms with van der Waals surface area (Å²) in [5.41, 5.74) is 9.52. The van der Waals surface area contributed by atoms with E-state index in [1.165, 1.54) is 0 Å². The summed E-state index contributed by atoms with van der Waals surface area (Å²) in [5.74, 6) is -3.58. The van der Waals surface area contributed by atoms with Gasteiger partial charge in [-0.15, -0.1) is 0 Å². The fourth-order valence-electron chi connectivity index (χ4n) is 0.759. The van der Waals surface area contributed by atoms with Gasteiger partial charge in [0.25, 0.3) is 0 Å². The number of carbonyl (C=O) groups excluding carboxylic acids is 5. The van der Waals surface area contributed by atoms with Crippen molar-refractivity contribution in [2.75, 3.05) is 0 Å². The van der Waals surface area contributed by atoms with Crippen LogP contribution in [0.2, 0.25) is 0 Å². The van der Waals surface area contributed by atoms with Crippen molar-refractivity contribution in [1.82, 2.24) is 0 Å². The molecule has 4 N–H and O–H groups in total. The van der Waals surface area contributed by atoms with Crippen molar-refractivity contribution < 1.29 is 33.4 Å². The SMILES string of the molecule is NC(=O)CCC(=O)OC(=O)OC(=O)CCC(N)=O. The molecule has 0 aliphatic carbocycles.